The number of hydrogen-bond acceptors (Lipinski definition) is 2. The van der Waals surface area contributed by atoms with E-state index in [0.717, 1.165) is 24.3 Å². The topological polar surface area (TPSA) is 32.3 Å². The molecule has 1 N–H and O–H groups in total. The van der Waals surface area contributed by atoms with Crippen molar-refractivity contribution in [3.63, 3.8) is 0 Å². The second-order valence-electron chi connectivity index (χ2n) is 5.68. The zero-order valence-corrected chi connectivity index (χ0v) is 12.5. The summed E-state index contributed by atoms with van der Waals surface area (Å²) in [5, 5.41) is 3.34. The monoisotopic (exact) mass is 280 g/mol. The maximum Gasteiger partial charge on any atom is 0.249 e. The van der Waals surface area contributed by atoms with Gasteiger partial charge in [-0.05, 0) is 44.5 Å². The summed E-state index contributed by atoms with van der Waals surface area (Å²) >= 11 is 0. The van der Waals surface area contributed by atoms with Gasteiger partial charge in [-0.1, -0.05) is 35.4 Å². The van der Waals surface area contributed by atoms with Crippen LogP contribution in [-0.2, 0) is 4.79 Å². The Kier molecular flexibility index (Phi) is 3.65. The molecule has 1 unspecified atom stereocenters. The summed E-state index contributed by atoms with van der Waals surface area (Å²) in [4.78, 5) is 14.4. The van der Waals surface area contributed by atoms with E-state index in [9.17, 15) is 4.79 Å². The molecule has 0 aromatic heterocycles. The van der Waals surface area contributed by atoms with E-state index in [1.165, 1.54) is 11.1 Å². The molecule has 1 atom stereocenters. The third-order valence-corrected chi connectivity index (χ3v) is 3.94. The summed E-state index contributed by atoms with van der Waals surface area (Å²) in [5.41, 5.74) is 4.42. The zero-order chi connectivity index (χ0) is 14.8. The van der Waals surface area contributed by atoms with E-state index in [-0.39, 0.29) is 11.9 Å². The minimum atomic E-state index is -0.131. The first-order valence-corrected chi connectivity index (χ1v) is 7.35. The number of carbonyl (C=O) groups excluding carboxylic acids is 1. The van der Waals surface area contributed by atoms with Crippen molar-refractivity contribution < 1.29 is 4.79 Å². The highest BCUT2D eigenvalue weighted by Crippen LogP contribution is 2.24. The van der Waals surface area contributed by atoms with Crippen LogP contribution in [0, 0.1) is 13.8 Å². The van der Waals surface area contributed by atoms with Crippen LogP contribution in [0.2, 0.25) is 0 Å². The second-order valence-corrected chi connectivity index (χ2v) is 5.68. The number of aryl methyl sites for hydroxylation is 2. The van der Waals surface area contributed by atoms with E-state index < -0.39 is 0 Å². The van der Waals surface area contributed by atoms with Gasteiger partial charge in [0.1, 0.15) is 6.04 Å². The summed E-state index contributed by atoms with van der Waals surface area (Å²) in [6.45, 7) is 4.88. The second kappa shape index (κ2) is 5.60. The van der Waals surface area contributed by atoms with Gasteiger partial charge in [0.2, 0.25) is 5.91 Å². The van der Waals surface area contributed by atoms with Crippen molar-refractivity contribution in [2.75, 3.05) is 16.8 Å². The van der Waals surface area contributed by atoms with Crippen LogP contribution in [0.15, 0.2) is 48.5 Å². The van der Waals surface area contributed by atoms with Crippen LogP contribution < -0.4 is 10.2 Å². The van der Waals surface area contributed by atoms with Crippen LogP contribution in [0.4, 0.5) is 11.4 Å². The third kappa shape index (κ3) is 2.92. The summed E-state index contributed by atoms with van der Waals surface area (Å²) in [6, 6.07) is 16.2. The van der Waals surface area contributed by atoms with Crippen LogP contribution in [0.25, 0.3) is 0 Å². The van der Waals surface area contributed by atoms with E-state index in [0.29, 0.717) is 0 Å². The molecule has 1 aliphatic heterocycles. The highest BCUT2D eigenvalue weighted by molar-refractivity contribution is 6.01. The lowest BCUT2D eigenvalue weighted by molar-refractivity contribution is -0.117. The molecule has 0 bridgehead atoms. The van der Waals surface area contributed by atoms with Crippen LogP contribution in [0.1, 0.15) is 17.5 Å². The standard InChI is InChI=1S/C18H20N2O/c1-13-3-7-15(8-4-13)19-17-11-12-20(18(17)21)16-9-5-14(2)6-10-16/h3-10,17,19H,11-12H2,1-2H3. The smallest absolute Gasteiger partial charge is 0.249 e. The normalized spacial score (nSPS) is 18.1. The molecule has 0 aliphatic carbocycles. The Morgan fingerprint density at radius 1 is 0.952 bits per heavy atom. The molecule has 0 radical (unpaired) electrons. The lowest BCUT2D eigenvalue weighted by Gasteiger charge is -2.18. The molecule has 2 aromatic rings. The van der Waals surface area contributed by atoms with E-state index in [1.54, 1.807) is 0 Å². The van der Waals surface area contributed by atoms with Gasteiger partial charge in [0.25, 0.3) is 0 Å². The molecule has 1 aliphatic rings. The van der Waals surface area contributed by atoms with E-state index in [1.807, 2.05) is 41.3 Å². The first-order valence-electron chi connectivity index (χ1n) is 7.35. The predicted octanol–water partition coefficient (Wildman–Crippen LogP) is 3.52. The molecule has 21 heavy (non-hydrogen) atoms. The Bertz CT molecular complexity index is 631. The van der Waals surface area contributed by atoms with Crippen molar-refractivity contribution in [3.05, 3.63) is 59.7 Å². The van der Waals surface area contributed by atoms with Gasteiger partial charge in [-0.3, -0.25) is 4.79 Å². The molecule has 1 amide bonds. The summed E-state index contributed by atoms with van der Waals surface area (Å²) in [6.07, 6.45) is 0.834. The molecule has 2 aromatic carbocycles. The predicted molar refractivity (Wildman–Crippen MR) is 86.7 cm³/mol. The molecular weight excluding hydrogens is 260 g/mol. The molecule has 0 spiro atoms. The molecule has 0 saturated carbocycles. The number of anilines is 2. The van der Waals surface area contributed by atoms with Crippen molar-refractivity contribution in [2.45, 2.75) is 26.3 Å². The van der Waals surface area contributed by atoms with E-state index >= 15 is 0 Å². The largest absolute Gasteiger partial charge is 0.374 e. The molecule has 1 heterocycles. The fourth-order valence-corrected chi connectivity index (χ4v) is 2.65. The zero-order valence-electron chi connectivity index (χ0n) is 12.5. The van der Waals surface area contributed by atoms with Crippen molar-refractivity contribution in [1.29, 1.82) is 0 Å². The lowest BCUT2D eigenvalue weighted by Crippen LogP contribution is -2.33. The van der Waals surface area contributed by atoms with Gasteiger partial charge in [0, 0.05) is 17.9 Å². The number of carbonyl (C=O) groups is 1. The lowest BCUT2D eigenvalue weighted by atomic mass is 10.2. The maximum absolute atomic E-state index is 12.5. The minimum absolute atomic E-state index is 0.131. The number of rotatable bonds is 3. The Morgan fingerprint density at radius 2 is 1.52 bits per heavy atom. The quantitative estimate of drug-likeness (QED) is 0.933. The molecule has 1 fully saturated rings. The van der Waals surface area contributed by atoms with Gasteiger partial charge in [-0.15, -0.1) is 0 Å². The first-order chi connectivity index (χ1) is 10.1. The van der Waals surface area contributed by atoms with Gasteiger partial charge >= 0.3 is 0 Å². The van der Waals surface area contributed by atoms with Gasteiger partial charge in [0.15, 0.2) is 0 Å². The molecule has 3 rings (SSSR count). The van der Waals surface area contributed by atoms with Gasteiger partial charge in [-0.25, -0.2) is 0 Å². The molecular formula is C18H20N2O. The Morgan fingerprint density at radius 3 is 2.14 bits per heavy atom. The Hall–Kier alpha value is -2.29. The maximum atomic E-state index is 12.5. The van der Waals surface area contributed by atoms with Crippen LogP contribution >= 0.6 is 0 Å². The van der Waals surface area contributed by atoms with Crippen molar-refractivity contribution in [1.82, 2.24) is 0 Å². The van der Waals surface area contributed by atoms with Crippen LogP contribution in [-0.4, -0.2) is 18.5 Å². The number of nitrogens with one attached hydrogen (secondary N) is 1. The third-order valence-electron chi connectivity index (χ3n) is 3.94. The highest BCUT2D eigenvalue weighted by atomic mass is 16.2. The van der Waals surface area contributed by atoms with Crippen molar-refractivity contribution >= 4 is 17.3 Å². The molecule has 108 valence electrons. The van der Waals surface area contributed by atoms with Crippen LogP contribution in [0.5, 0.6) is 0 Å². The summed E-state index contributed by atoms with van der Waals surface area (Å²) in [7, 11) is 0. The fourth-order valence-electron chi connectivity index (χ4n) is 2.65. The average Bonchev–Trinajstić information content (AvgIpc) is 2.84. The molecule has 3 nitrogen and oxygen atoms in total. The number of amides is 1. The Labute approximate surface area is 125 Å². The first kappa shape index (κ1) is 13.7. The molecule has 1 saturated heterocycles. The number of nitrogens with zero attached hydrogens (tertiary/aromatic N) is 1. The fraction of sp³-hybridized carbons (Fsp3) is 0.278. The Balaban J connectivity index is 1.71. The van der Waals surface area contributed by atoms with Gasteiger partial charge in [0.05, 0.1) is 0 Å². The van der Waals surface area contributed by atoms with Crippen LogP contribution in [0.3, 0.4) is 0 Å². The van der Waals surface area contributed by atoms with Crippen molar-refractivity contribution in [3.8, 4) is 0 Å². The number of hydrogen-bond donors (Lipinski definition) is 1. The van der Waals surface area contributed by atoms with E-state index in [2.05, 4.69) is 31.3 Å². The highest BCUT2D eigenvalue weighted by Gasteiger charge is 2.32. The SMILES string of the molecule is Cc1ccc(NC2CCN(c3ccc(C)cc3)C2=O)cc1. The van der Waals surface area contributed by atoms with Crippen molar-refractivity contribution in [2.24, 2.45) is 0 Å². The van der Waals surface area contributed by atoms with Gasteiger partial charge < -0.3 is 10.2 Å². The number of benzene rings is 2. The average molecular weight is 280 g/mol. The summed E-state index contributed by atoms with van der Waals surface area (Å²) < 4.78 is 0. The molecule has 3 heteroatoms. The summed E-state index contributed by atoms with van der Waals surface area (Å²) in [5.74, 6) is 0.152. The minimum Gasteiger partial charge on any atom is -0.374 e. The van der Waals surface area contributed by atoms with E-state index in [4.69, 9.17) is 0 Å². The van der Waals surface area contributed by atoms with Gasteiger partial charge in [-0.2, -0.15) is 0 Å².